The molecule has 1 amide bonds. The third-order valence-corrected chi connectivity index (χ3v) is 2.77. The number of carbonyl (C=O) groups excluding carboxylic acids is 1. The molecule has 0 saturated heterocycles. The monoisotopic (exact) mass is 244 g/mol. The van der Waals surface area contributed by atoms with Crippen LogP contribution in [-0.4, -0.2) is 11.9 Å². The molecule has 1 rings (SSSR count). The first-order valence-electron chi connectivity index (χ1n) is 6.34. The summed E-state index contributed by atoms with van der Waals surface area (Å²) in [5, 5.41) is 11.8. The number of rotatable bonds is 5. The minimum absolute atomic E-state index is 0.0656. The van der Waals surface area contributed by atoms with E-state index >= 15 is 0 Å². The predicted molar refractivity (Wildman–Crippen MR) is 71.9 cm³/mol. The maximum atomic E-state index is 11.8. The van der Waals surface area contributed by atoms with Gasteiger partial charge in [0.05, 0.1) is 6.07 Å². The van der Waals surface area contributed by atoms with Crippen LogP contribution in [0.5, 0.6) is 0 Å². The number of nitrogens with one attached hydrogen (secondary N) is 1. The van der Waals surface area contributed by atoms with Crippen LogP contribution in [0.25, 0.3) is 0 Å². The van der Waals surface area contributed by atoms with E-state index in [-0.39, 0.29) is 11.9 Å². The first kappa shape index (κ1) is 14.2. The number of nitrogens with zero attached hydrogens (tertiary/aromatic N) is 1. The van der Waals surface area contributed by atoms with E-state index in [1.54, 1.807) is 0 Å². The second kappa shape index (κ2) is 6.80. The Bertz CT molecular complexity index is 429. The Balaban J connectivity index is 2.68. The number of aryl methyl sites for hydroxylation is 1. The van der Waals surface area contributed by atoms with E-state index in [4.69, 9.17) is 5.26 Å². The van der Waals surface area contributed by atoms with Crippen LogP contribution in [-0.2, 0) is 17.6 Å². The number of hydrogen-bond donors (Lipinski definition) is 1. The van der Waals surface area contributed by atoms with Crippen LogP contribution in [0.15, 0.2) is 24.3 Å². The lowest BCUT2D eigenvalue weighted by Crippen LogP contribution is -2.35. The van der Waals surface area contributed by atoms with E-state index in [1.165, 1.54) is 5.56 Å². The van der Waals surface area contributed by atoms with Crippen molar-refractivity contribution in [2.45, 2.75) is 39.7 Å². The molecular formula is C15H20N2O. The third-order valence-electron chi connectivity index (χ3n) is 2.77. The summed E-state index contributed by atoms with van der Waals surface area (Å²) in [5.41, 5.74) is 2.29. The van der Waals surface area contributed by atoms with Gasteiger partial charge in [0, 0.05) is 6.04 Å². The third kappa shape index (κ3) is 4.21. The SMILES string of the molecule is CCc1ccc(CC(C#N)C(=O)NC(C)C)cc1. The first-order valence-corrected chi connectivity index (χ1v) is 6.34. The molecule has 0 spiro atoms. The maximum absolute atomic E-state index is 11.8. The van der Waals surface area contributed by atoms with Gasteiger partial charge in [-0.05, 0) is 37.8 Å². The van der Waals surface area contributed by atoms with Gasteiger partial charge < -0.3 is 5.32 Å². The first-order chi connectivity index (χ1) is 8.56. The molecule has 3 heteroatoms. The Morgan fingerprint density at radius 1 is 1.28 bits per heavy atom. The molecule has 96 valence electrons. The Kier molecular flexibility index (Phi) is 5.38. The number of amides is 1. The van der Waals surface area contributed by atoms with Crippen molar-refractivity contribution in [1.82, 2.24) is 5.32 Å². The zero-order chi connectivity index (χ0) is 13.5. The number of benzene rings is 1. The standard InChI is InChI=1S/C15H20N2O/c1-4-12-5-7-13(8-6-12)9-14(10-16)15(18)17-11(2)3/h5-8,11,14H,4,9H2,1-3H3,(H,17,18). The Morgan fingerprint density at radius 2 is 1.83 bits per heavy atom. The molecule has 1 unspecified atom stereocenters. The van der Waals surface area contributed by atoms with Crippen molar-refractivity contribution in [3.63, 3.8) is 0 Å². The smallest absolute Gasteiger partial charge is 0.237 e. The molecule has 18 heavy (non-hydrogen) atoms. The molecular weight excluding hydrogens is 224 g/mol. The van der Waals surface area contributed by atoms with Gasteiger partial charge in [-0.25, -0.2) is 0 Å². The van der Waals surface area contributed by atoms with E-state index in [1.807, 2.05) is 38.1 Å². The number of hydrogen-bond acceptors (Lipinski definition) is 2. The summed E-state index contributed by atoms with van der Waals surface area (Å²) in [6, 6.07) is 10.2. The topological polar surface area (TPSA) is 52.9 Å². The van der Waals surface area contributed by atoms with Crippen molar-refractivity contribution >= 4 is 5.91 Å². The summed E-state index contributed by atoms with van der Waals surface area (Å²) < 4.78 is 0. The van der Waals surface area contributed by atoms with Crippen LogP contribution in [0, 0.1) is 17.2 Å². The minimum Gasteiger partial charge on any atom is -0.353 e. The fourth-order valence-corrected chi connectivity index (χ4v) is 1.73. The lowest BCUT2D eigenvalue weighted by Gasteiger charge is -2.12. The molecule has 1 aromatic rings. The minimum atomic E-state index is -0.611. The molecule has 0 heterocycles. The lowest BCUT2D eigenvalue weighted by molar-refractivity contribution is -0.123. The van der Waals surface area contributed by atoms with Crippen LogP contribution in [0.4, 0.5) is 0 Å². The van der Waals surface area contributed by atoms with Crippen molar-refractivity contribution in [2.75, 3.05) is 0 Å². The van der Waals surface area contributed by atoms with Gasteiger partial charge >= 0.3 is 0 Å². The molecule has 0 aliphatic rings. The summed E-state index contributed by atoms with van der Waals surface area (Å²) in [5.74, 6) is -0.799. The highest BCUT2D eigenvalue weighted by Gasteiger charge is 2.18. The zero-order valence-electron chi connectivity index (χ0n) is 11.2. The summed E-state index contributed by atoms with van der Waals surface area (Å²) in [6.45, 7) is 5.88. The fraction of sp³-hybridized carbons (Fsp3) is 0.467. The molecule has 0 aromatic heterocycles. The van der Waals surface area contributed by atoms with Crippen LogP contribution in [0.1, 0.15) is 31.9 Å². The lowest BCUT2D eigenvalue weighted by atomic mass is 9.98. The predicted octanol–water partition coefficient (Wildman–Crippen LogP) is 2.46. The molecule has 0 radical (unpaired) electrons. The second-order valence-corrected chi connectivity index (χ2v) is 4.72. The van der Waals surface area contributed by atoms with Crippen molar-refractivity contribution < 1.29 is 4.79 Å². The van der Waals surface area contributed by atoms with Gasteiger partial charge in [0.15, 0.2) is 0 Å². The van der Waals surface area contributed by atoms with E-state index in [0.29, 0.717) is 6.42 Å². The van der Waals surface area contributed by atoms with Gasteiger partial charge in [-0.15, -0.1) is 0 Å². The number of nitriles is 1. The van der Waals surface area contributed by atoms with Crippen molar-refractivity contribution in [3.05, 3.63) is 35.4 Å². The average molecular weight is 244 g/mol. The van der Waals surface area contributed by atoms with Crippen LogP contribution >= 0.6 is 0 Å². The van der Waals surface area contributed by atoms with Gasteiger partial charge in [0.25, 0.3) is 0 Å². The normalized spacial score (nSPS) is 11.9. The van der Waals surface area contributed by atoms with Crippen LogP contribution in [0.3, 0.4) is 0 Å². The van der Waals surface area contributed by atoms with Gasteiger partial charge in [-0.3, -0.25) is 4.79 Å². The molecule has 0 saturated carbocycles. The van der Waals surface area contributed by atoms with E-state index in [0.717, 1.165) is 12.0 Å². The van der Waals surface area contributed by atoms with Crippen LogP contribution in [0.2, 0.25) is 0 Å². The summed E-state index contributed by atoms with van der Waals surface area (Å²) in [6.07, 6.45) is 1.47. The highest BCUT2D eigenvalue weighted by molar-refractivity contribution is 5.81. The largest absolute Gasteiger partial charge is 0.353 e. The van der Waals surface area contributed by atoms with Crippen molar-refractivity contribution in [3.8, 4) is 6.07 Å². The Labute approximate surface area is 109 Å². The van der Waals surface area contributed by atoms with Gasteiger partial charge in [-0.2, -0.15) is 5.26 Å². The molecule has 1 atom stereocenters. The number of carbonyl (C=O) groups is 1. The highest BCUT2D eigenvalue weighted by atomic mass is 16.1. The van der Waals surface area contributed by atoms with E-state index < -0.39 is 5.92 Å². The summed E-state index contributed by atoms with van der Waals surface area (Å²) >= 11 is 0. The maximum Gasteiger partial charge on any atom is 0.237 e. The molecule has 0 fully saturated rings. The molecule has 1 aromatic carbocycles. The molecule has 1 N–H and O–H groups in total. The summed E-state index contributed by atoms with van der Waals surface area (Å²) in [7, 11) is 0. The Hall–Kier alpha value is -1.82. The van der Waals surface area contributed by atoms with Crippen molar-refractivity contribution in [1.29, 1.82) is 5.26 Å². The molecule has 0 aliphatic heterocycles. The highest BCUT2D eigenvalue weighted by Crippen LogP contribution is 2.11. The quantitative estimate of drug-likeness (QED) is 0.865. The fourth-order valence-electron chi connectivity index (χ4n) is 1.73. The molecule has 0 aliphatic carbocycles. The van der Waals surface area contributed by atoms with E-state index in [2.05, 4.69) is 18.3 Å². The van der Waals surface area contributed by atoms with Crippen molar-refractivity contribution in [2.24, 2.45) is 5.92 Å². The second-order valence-electron chi connectivity index (χ2n) is 4.72. The van der Waals surface area contributed by atoms with Gasteiger partial charge in [-0.1, -0.05) is 31.2 Å². The van der Waals surface area contributed by atoms with Gasteiger partial charge in [0.2, 0.25) is 5.91 Å². The molecule has 0 bridgehead atoms. The molecule has 3 nitrogen and oxygen atoms in total. The van der Waals surface area contributed by atoms with Crippen LogP contribution < -0.4 is 5.32 Å². The summed E-state index contributed by atoms with van der Waals surface area (Å²) in [4.78, 5) is 11.8. The zero-order valence-corrected chi connectivity index (χ0v) is 11.2. The van der Waals surface area contributed by atoms with E-state index in [9.17, 15) is 4.79 Å². The van der Waals surface area contributed by atoms with Gasteiger partial charge in [0.1, 0.15) is 5.92 Å². The average Bonchev–Trinajstić information content (AvgIpc) is 2.35. The Morgan fingerprint density at radius 3 is 2.28 bits per heavy atom.